The third kappa shape index (κ3) is 2.03. The summed E-state index contributed by atoms with van der Waals surface area (Å²) in [6.45, 7) is 2.06. The molecule has 3 aromatic rings. The normalized spacial score (nSPS) is 10.7. The van der Waals surface area contributed by atoms with E-state index < -0.39 is 0 Å². The molecule has 0 atom stereocenters. The zero-order valence-electron chi connectivity index (χ0n) is 11.2. The Bertz CT molecular complexity index is 704. The van der Waals surface area contributed by atoms with E-state index >= 15 is 0 Å². The van der Waals surface area contributed by atoms with Gasteiger partial charge in [-0.05, 0) is 30.7 Å². The minimum absolute atomic E-state index is 0.617. The predicted molar refractivity (Wildman–Crippen MR) is 78.4 cm³/mol. The van der Waals surface area contributed by atoms with Crippen molar-refractivity contribution in [1.29, 1.82) is 0 Å². The van der Waals surface area contributed by atoms with Gasteiger partial charge < -0.3 is 5.73 Å². The van der Waals surface area contributed by atoms with E-state index in [9.17, 15) is 0 Å². The smallest absolute Gasteiger partial charge is 0.155 e. The zero-order valence-corrected chi connectivity index (χ0v) is 11.2. The van der Waals surface area contributed by atoms with Gasteiger partial charge in [-0.3, -0.25) is 4.98 Å². The number of hydrogen-bond donors (Lipinski definition) is 1. The first-order valence-corrected chi connectivity index (χ1v) is 6.51. The number of rotatable bonds is 3. The molecular weight excluding hydrogens is 250 g/mol. The Kier molecular flexibility index (Phi) is 3.16. The highest BCUT2D eigenvalue weighted by molar-refractivity contribution is 5.66. The van der Waals surface area contributed by atoms with E-state index in [2.05, 4.69) is 22.0 Å². The lowest BCUT2D eigenvalue weighted by Gasteiger charge is -2.02. The summed E-state index contributed by atoms with van der Waals surface area (Å²) in [6.07, 6.45) is 4.28. The maximum Gasteiger partial charge on any atom is 0.155 e. The Hall–Kier alpha value is -2.69. The number of aromatic nitrogens is 4. The summed E-state index contributed by atoms with van der Waals surface area (Å²) in [7, 11) is 0. The van der Waals surface area contributed by atoms with Crippen molar-refractivity contribution in [3.8, 4) is 17.2 Å². The average molecular weight is 265 g/mol. The second kappa shape index (κ2) is 5.13. The van der Waals surface area contributed by atoms with Gasteiger partial charge in [-0.2, -0.15) is 9.78 Å². The van der Waals surface area contributed by atoms with E-state index in [1.165, 1.54) is 0 Å². The first-order valence-electron chi connectivity index (χ1n) is 6.51. The molecule has 0 saturated heterocycles. The SMILES string of the molecule is CCc1c(-c2ccccn2)nn(-c2ccccn2)c1N. The van der Waals surface area contributed by atoms with Crippen molar-refractivity contribution in [2.75, 3.05) is 5.73 Å². The molecule has 5 nitrogen and oxygen atoms in total. The number of pyridine rings is 2. The van der Waals surface area contributed by atoms with Crippen LogP contribution in [0.2, 0.25) is 0 Å². The molecular formula is C15H15N5. The van der Waals surface area contributed by atoms with Crippen LogP contribution in [0.4, 0.5) is 5.82 Å². The molecule has 0 aromatic carbocycles. The Morgan fingerprint density at radius 2 is 1.80 bits per heavy atom. The molecule has 2 N–H and O–H groups in total. The zero-order chi connectivity index (χ0) is 13.9. The molecule has 0 unspecified atom stereocenters. The Morgan fingerprint density at radius 1 is 1.05 bits per heavy atom. The molecule has 0 saturated carbocycles. The molecule has 0 aliphatic heterocycles. The summed E-state index contributed by atoms with van der Waals surface area (Å²) in [5, 5.41) is 4.59. The van der Waals surface area contributed by atoms with Crippen LogP contribution in [-0.4, -0.2) is 19.7 Å². The van der Waals surface area contributed by atoms with Gasteiger partial charge in [-0.1, -0.05) is 19.1 Å². The van der Waals surface area contributed by atoms with Gasteiger partial charge in [-0.15, -0.1) is 0 Å². The van der Waals surface area contributed by atoms with Crippen molar-refractivity contribution >= 4 is 5.82 Å². The van der Waals surface area contributed by atoms with Crippen LogP contribution in [0.1, 0.15) is 12.5 Å². The molecule has 0 bridgehead atoms. The first-order chi connectivity index (χ1) is 9.81. The lowest BCUT2D eigenvalue weighted by atomic mass is 10.1. The van der Waals surface area contributed by atoms with Crippen molar-refractivity contribution in [3.05, 3.63) is 54.4 Å². The molecule has 0 radical (unpaired) electrons. The van der Waals surface area contributed by atoms with Crippen molar-refractivity contribution in [1.82, 2.24) is 19.7 Å². The number of hydrogen-bond acceptors (Lipinski definition) is 4. The van der Waals surface area contributed by atoms with E-state index in [0.29, 0.717) is 11.6 Å². The fourth-order valence-corrected chi connectivity index (χ4v) is 2.17. The van der Waals surface area contributed by atoms with Crippen LogP contribution >= 0.6 is 0 Å². The highest BCUT2D eigenvalue weighted by atomic mass is 15.3. The molecule has 3 aromatic heterocycles. The van der Waals surface area contributed by atoms with Gasteiger partial charge in [0, 0.05) is 18.0 Å². The summed E-state index contributed by atoms with van der Waals surface area (Å²) in [5.74, 6) is 1.33. The van der Waals surface area contributed by atoms with E-state index in [4.69, 9.17) is 5.73 Å². The lowest BCUT2D eigenvalue weighted by Crippen LogP contribution is -2.04. The molecule has 100 valence electrons. The fraction of sp³-hybridized carbons (Fsp3) is 0.133. The van der Waals surface area contributed by atoms with Gasteiger partial charge >= 0.3 is 0 Å². The minimum atomic E-state index is 0.617. The van der Waals surface area contributed by atoms with Gasteiger partial charge in [0.2, 0.25) is 0 Å². The minimum Gasteiger partial charge on any atom is -0.383 e. The third-order valence-electron chi connectivity index (χ3n) is 3.15. The van der Waals surface area contributed by atoms with Crippen molar-refractivity contribution in [3.63, 3.8) is 0 Å². The van der Waals surface area contributed by atoms with Gasteiger partial charge in [0.25, 0.3) is 0 Å². The van der Waals surface area contributed by atoms with Crippen molar-refractivity contribution in [2.45, 2.75) is 13.3 Å². The van der Waals surface area contributed by atoms with E-state index in [0.717, 1.165) is 23.4 Å². The topological polar surface area (TPSA) is 69.6 Å². The van der Waals surface area contributed by atoms with Crippen LogP contribution < -0.4 is 5.73 Å². The molecule has 0 fully saturated rings. The summed E-state index contributed by atoms with van der Waals surface area (Å²) in [6, 6.07) is 11.4. The monoisotopic (exact) mass is 265 g/mol. The number of nitrogens with zero attached hydrogens (tertiary/aromatic N) is 4. The number of nitrogens with two attached hydrogens (primary N) is 1. The van der Waals surface area contributed by atoms with E-state index in [1.807, 2.05) is 36.4 Å². The molecule has 0 aliphatic rings. The van der Waals surface area contributed by atoms with Crippen LogP contribution in [0.3, 0.4) is 0 Å². The second-order valence-electron chi connectivity index (χ2n) is 4.38. The fourth-order valence-electron chi connectivity index (χ4n) is 2.17. The molecule has 3 heterocycles. The Labute approximate surface area is 117 Å². The molecule has 3 rings (SSSR count). The second-order valence-corrected chi connectivity index (χ2v) is 4.38. The predicted octanol–water partition coefficient (Wildman–Crippen LogP) is 2.47. The highest BCUT2D eigenvalue weighted by Crippen LogP contribution is 2.27. The third-order valence-corrected chi connectivity index (χ3v) is 3.15. The number of nitrogen functional groups attached to an aromatic ring is 1. The van der Waals surface area contributed by atoms with E-state index in [-0.39, 0.29) is 0 Å². The quantitative estimate of drug-likeness (QED) is 0.789. The highest BCUT2D eigenvalue weighted by Gasteiger charge is 2.17. The van der Waals surface area contributed by atoms with Gasteiger partial charge in [0.1, 0.15) is 11.5 Å². The molecule has 20 heavy (non-hydrogen) atoms. The van der Waals surface area contributed by atoms with Crippen molar-refractivity contribution in [2.24, 2.45) is 0 Å². The number of anilines is 1. The van der Waals surface area contributed by atoms with Gasteiger partial charge in [0.05, 0.1) is 5.69 Å². The van der Waals surface area contributed by atoms with Gasteiger partial charge in [0.15, 0.2) is 5.82 Å². The lowest BCUT2D eigenvalue weighted by molar-refractivity contribution is 0.858. The van der Waals surface area contributed by atoms with Crippen LogP contribution in [0.5, 0.6) is 0 Å². The van der Waals surface area contributed by atoms with Crippen LogP contribution in [0, 0.1) is 0 Å². The molecule has 0 aliphatic carbocycles. The molecule has 0 spiro atoms. The summed E-state index contributed by atoms with van der Waals surface area (Å²) < 4.78 is 1.67. The largest absolute Gasteiger partial charge is 0.383 e. The average Bonchev–Trinajstić information content (AvgIpc) is 2.86. The van der Waals surface area contributed by atoms with Crippen molar-refractivity contribution < 1.29 is 0 Å². The van der Waals surface area contributed by atoms with Crippen LogP contribution in [-0.2, 0) is 6.42 Å². The standard InChI is InChI=1S/C15H15N5/c1-2-11-14(12-7-3-5-9-17-12)19-20(15(11)16)13-8-4-6-10-18-13/h3-10H,2,16H2,1H3. The van der Waals surface area contributed by atoms with Crippen LogP contribution in [0.25, 0.3) is 17.2 Å². The Morgan fingerprint density at radius 3 is 2.40 bits per heavy atom. The summed E-state index contributed by atoms with van der Waals surface area (Å²) >= 11 is 0. The van der Waals surface area contributed by atoms with E-state index in [1.54, 1.807) is 17.1 Å². The molecule has 5 heteroatoms. The summed E-state index contributed by atoms with van der Waals surface area (Å²) in [4.78, 5) is 8.65. The Balaban J connectivity index is 2.18. The maximum absolute atomic E-state index is 6.22. The first kappa shape index (κ1) is 12.3. The summed E-state index contributed by atoms with van der Waals surface area (Å²) in [5.41, 5.74) is 8.85. The molecule has 0 amide bonds. The van der Waals surface area contributed by atoms with Gasteiger partial charge in [-0.25, -0.2) is 4.98 Å². The van der Waals surface area contributed by atoms with Crippen LogP contribution in [0.15, 0.2) is 48.8 Å². The maximum atomic E-state index is 6.22.